The summed E-state index contributed by atoms with van der Waals surface area (Å²) in [5.74, 6) is 0.691. The first-order chi connectivity index (χ1) is 16.3. The Kier molecular flexibility index (Phi) is 7.50. The lowest BCUT2D eigenvalue weighted by Gasteiger charge is -2.37. The molecule has 0 radical (unpaired) electrons. The molecule has 182 valence electrons. The van der Waals surface area contributed by atoms with Crippen molar-refractivity contribution in [3.05, 3.63) is 54.1 Å². The molecular weight excluding hydrogens is 456 g/mol. The summed E-state index contributed by atoms with van der Waals surface area (Å²) in [6, 6.07) is 14.0. The van der Waals surface area contributed by atoms with Crippen LogP contribution < -0.4 is 15.4 Å². The maximum Gasteiger partial charge on any atom is 0.257 e. The first-order valence-corrected chi connectivity index (χ1v) is 13.2. The fourth-order valence-corrected chi connectivity index (χ4v) is 6.17. The molecule has 2 fully saturated rings. The average Bonchev–Trinajstić information content (AvgIpc) is 3.20. The number of nitrogens with zero attached hydrogens (tertiary/aromatic N) is 2. The van der Waals surface area contributed by atoms with Gasteiger partial charge in [0.25, 0.3) is 5.91 Å². The van der Waals surface area contributed by atoms with E-state index in [0.29, 0.717) is 42.2 Å². The number of piperazine rings is 1. The second-order valence-corrected chi connectivity index (χ2v) is 10.9. The molecule has 34 heavy (non-hydrogen) atoms. The summed E-state index contributed by atoms with van der Waals surface area (Å²) in [7, 11) is -1.33. The number of hydrogen-bond donors (Lipinski definition) is 2. The van der Waals surface area contributed by atoms with Gasteiger partial charge in [-0.2, -0.15) is 0 Å². The van der Waals surface area contributed by atoms with Crippen molar-refractivity contribution in [2.45, 2.75) is 12.5 Å². The molecule has 1 atom stereocenters. The van der Waals surface area contributed by atoms with Crippen LogP contribution in [0.3, 0.4) is 0 Å². The molecule has 2 heterocycles. The van der Waals surface area contributed by atoms with Gasteiger partial charge in [0, 0.05) is 37.9 Å². The summed E-state index contributed by atoms with van der Waals surface area (Å²) >= 11 is 0. The Morgan fingerprint density at radius 1 is 1.00 bits per heavy atom. The Hall–Kier alpha value is -2.95. The summed E-state index contributed by atoms with van der Waals surface area (Å²) in [4.78, 5) is 29.8. The fourth-order valence-electron chi connectivity index (χ4n) is 4.41. The summed E-state index contributed by atoms with van der Waals surface area (Å²) in [6.45, 7) is 3.10. The minimum absolute atomic E-state index is 0.0945. The number of nitrogens with one attached hydrogen (secondary N) is 2. The van der Waals surface area contributed by atoms with Crippen LogP contribution in [-0.4, -0.2) is 87.4 Å². The maximum atomic E-state index is 12.8. The van der Waals surface area contributed by atoms with Gasteiger partial charge in [0.1, 0.15) is 5.75 Å². The molecule has 9 nitrogen and oxygen atoms in total. The highest BCUT2D eigenvalue weighted by molar-refractivity contribution is 7.91. The highest BCUT2D eigenvalue weighted by Crippen LogP contribution is 2.21. The Balaban J connectivity index is 1.30. The number of rotatable bonds is 7. The molecule has 0 unspecified atom stereocenters. The number of methoxy groups -OCH3 is 1. The van der Waals surface area contributed by atoms with Crippen LogP contribution >= 0.6 is 0 Å². The molecule has 2 N–H and O–H groups in total. The molecule has 2 aliphatic heterocycles. The third-order valence-corrected chi connectivity index (χ3v) is 8.04. The maximum absolute atomic E-state index is 12.8. The third-order valence-electron chi connectivity index (χ3n) is 6.29. The predicted molar refractivity (Wildman–Crippen MR) is 131 cm³/mol. The Labute approximate surface area is 200 Å². The largest absolute Gasteiger partial charge is 0.497 e. The summed E-state index contributed by atoms with van der Waals surface area (Å²) in [5.41, 5.74) is 1.45. The van der Waals surface area contributed by atoms with Gasteiger partial charge in [-0.25, -0.2) is 8.42 Å². The molecule has 4 rings (SSSR count). The molecule has 2 aromatic carbocycles. The molecule has 2 saturated heterocycles. The SMILES string of the molecule is COc1ccc(NC(=O)c2ccccc2NC(=O)CN2CCN([C@H]3CCS(=O)(=O)C3)CC2)cc1. The number of ether oxygens (including phenoxy) is 1. The number of carbonyl (C=O) groups is 2. The van der Waals surface area contributed by atoms with Crippen molar-refractivity contribution < 1.29 is 22.7 Å². The van der Waals surface area contributed by atoms with Gasteiger partial charge in [0.2, 0.25) is 5.91 Å². The lowest BCUT2D eigenvalue weighted by molar-refractivity contribution is -0.117. The fraction of sp³-hybridized carbons (Fsp3) is 0.417. The van der Waals surface area contributed by atoms with Gasteiger partial charge in [-0.3, -0.25) is 19.4 Å². The van der Waals surface area contributed by atoms with E-state index in [1.807, 2.05) is 0 Å². The first kappa shape index (κ1) is 24.2. The summed E-state index contributed by atoms with van der Waals surface area (Å²) in [6.07, 6.45) is 0.693. The van der Waals surface area contributed by atoms with Crippen molar-refractivity contribution >= 4 is 33.0 Å². The van der Waals surface area contributed by atoms with Gasteiger partial charge in [-0.15, -0.1) is 0 Å². The van der Waals surface area contributed by atoms with E-state index in [9.17, 15) is 18.0 Å². The quantitative estimate of drug-likeness (QED) is 0.613. The van der Waals surface area contributed by atoms with E-state index in [0.717, 1.165) is 13.1 Å². The topological polar surface area (TPSA) is 108 Å². The van der Waals surface area contributed by atoms with Crippen molar-refractivity contribution in [2.75, 3.05) is 62.0 Å². The molecule has 2 aliphatic rings. The number of para-hydroxylation sites is 1. The van der Waals surface area contributed by atoms with Crippen molar-refractivity contribution in [1.29, 1.82) is 0 Å². The van der Waals surface area contributed by atoms with E-state index in [1.165, 1.54) is 0 Å². The van der Waals surface area contributed by atoms with E-state index >= 15 is 0 Å². The summed E-state index contributed by atoms with van der Waals surface area (Å²) in [5, 5.41) is 5.70. The zero-order valence-corrected chi connectivity index (χ0v) is 20.0. The van der Waals surface area contributed by atoms with Crippen LogP contribution in [0.4, 0.5) is 11.4 Å². The number of hydrogen-bond acceptors (Lipinski definition) is 7. The van der Waals surface area contributed by atoms with Crippen LogP contribution in [-0.2, 0) is 14.6 Å². The van der Waals surface area contributed by atoms with Crippen LogP contribution in [0.15, 0.2) is 48.5 Å². The molecule has 0 spiro atoms. The molecule has 10 heteroatoms. The molecule has 0 saturated carbocycles. The Morgan fingerprint density at radius 3 is 2.35 bits per heavy atom. The van der Waals surface area contributed by atoms with Crippen LogP contribution in [0.2, 0.25) is 0 Å². The van der Waals surface area contributed by atoms with Gasteiger partial charge in [0.05, 0.1) is 36.4 Å². The van der Waals surface area contributed by atoms with Crippen molar-refractivity contribution in [1.82, 2.24) is 9.80 Å². The molecule has 0 aliphatic carbocycles. The Bertz CT molecular complexity index is 1130. The summed E-state index contributed by atoms with van der Waals surface area (Å²) < 4.78 is 28.6. The van der Waals surface area contributed by atoms with E-state index in [2.05, 4.69) is 20.4 Å². The third kappa shape index (κ3) is 6.13. The van der Waals surface area contributed by atoms with Crippen LogP contribution in [0.25, 0.3) is 0 Å². The monoisotopic (exact) mass is 486 g/mol. The van der Waals surface area contributed by atoms with E-state index in [4.69, 9.17) is 4.74 Å². The molecule has 2 amide bonds. The van der Waals surface area contributed by atoms with Gasteiger partial charge in [0.15, 0.2) is 9.84 Å². The minimum atomic E-state index is -2.90. The number of benzene rings is 2. The lowest BCUT2D eigenvalue weighted by atomic mass is 10.1. The van der Waals surface area contributed by atoms with Gasteiger partial charge >= 0.3 is 0 Å². The van der Waals surface area contributed by atoms with Crippen molar-refractivity contribution in [2.24, 2.45) is 0 Å². The highest BCUT2D eigenvalue weighted by Gasteiger charge is 2.33. The lowest BCUT2D eigenvalue weighted by Crippen LogP contribution is -2.52. The zero-order valence-electron chi connectivity index (χ0n) is 19.2. The van der Waals surface area contributed by atoms with Crippen LogP contribution in [0.1, 0.15) is 16.8 Å². The van der Waals surface area contributed by atoms with Gasteiger partial charge in [-0.1, -0.05) is 12.1 Å². The number of sulfone groups is 1. The smallest absolute Gasteiger partial charge is 0.257 e. The molecule has 0 bridgehead atoms. The molecule has 2 aromatic rings. The molecule has 0 aromatic heterocycles. The van der Waals surface area contributed by atoms with Gasteiger partial charge < -0.3 is 15.4 Å². The van der Waals surface area contributed by atoms with E-state index in [1.54, 1.807) is 55.6 Å². The Morgan fingerprint density at radius 2 is 1.71 bits per heavy atom. The number of amides is 2. The second kappa shape index (κ2) is 10.5. The highest BCUT2D eigenvalue weighted by atomic mass is 32.2. The van der Waals surface area contributed by atoms with Crippen molar-refractivity contribution in [3.63, 3.8) is 0 Å². The number of anilines is 2. The molecular formula is C24H30N4O5S. The van der Waals surface area contributed by atoms with Crippen LogP contribution in [0, 0.1) is 0 Å². The predicted octanol–water partition coefficient (Wildman–Crippen LogP) is 1.69. The second-order valence-electron chi connectivity index (χ2n) is 8.65. The van der Waals surface area contributed by atoms with Crippen molar-refractivity contribution in [3.8, 4) is 5.75 Å². The van der Waals surface area contributed by atoms with E-state index in [-0.39, 0.29) is 35.9 Å². The zero-order chi connectivity index (χ0) is 24.1. The first-order valence-electron chi connectivity index (χ1n) is 11.3. The number of carbonyl (C=O) groups excluding carboxylic acids is 2. The minimum Gasteiger partial charge on any atom is -0.497 e. The van der Waals surface area contributed by atoms with E-state index < -0.39 is 9.84 Å². The average molecular weight is 487 g/mol. The standard InChI is InChI=1S/C24H30N4O5S/c1-33-20-8-6-18(7-9-20)25-24(30)21-4-2-3-5-22(21)26-23(29)16-27-11-13-28(14-12-27)19-10-15-34(31,32)17-19/h2-9,19H,10-17H2,1H3,(H,25,30)(H,26,29)/t19-/m0/s1. The van der Waals surface area contributed by atoms with Gasteiger partial charge in [-0.05, 0) is 42.8 Å². The van der Waals surface area contributed by atoms with Crippen LogP contribution in [0.5, 0.6) is 5.75 Å². The normalized spacial score (nSPS) is 20.6.